The number of furan rings is 1. The van der Waals surface area contributed by atoms with E-state index >= 15 is 0 Å². The minimum Gasteiger partial charge on any atom is -0.478 e. The Hall–Kier alpha value is -3.80. The van der Waals surface area contributed by atoms with Crippen molar-refractivity contribution in [1.29, 1.82) is 0 Å². The number of hydrogen-bond donors (Lipinski definition) is 1. The van der Waals surface area contributed by atoms with Crippen LogP contribution in [0.2, 0.25) is 0 Å². The highest BCUT2D eigenvalue weighted by molar-refractivity contribution is 5.97. The molecule has 4 aromatic rings. The molecule has 0 saturated carbocycles. The fraction of sp³-hybridized carbons (Fsp3) is 0.0909. The van der Waals surface area contributed by atoms with Crippen LogP contribution in [0.25, 0.3) is 11.0 Å². The molecule has 5 rings (SSSR count). The number of carbonyl (C=O) groups excluding carboxylic acids is 1. The van der Waals surface area contributed by atoms with E-state index in [9.17, 15) is 9.59 Å². The first-order valence-corrected chi connectivity index (χ1v) is 8.84. The Morgan fingerprint density at radius 3 is 2.50 bits per heavy atom. The highest BCUT2D eigenvalue weighted by atomic mass is 16.5. The van der Waals surface area contributed by atoms with Gasteiger partial charge >= 0.3 is 5.63 Å². The van der Waals surface area contributed by atoms with Gasteiger partial charge in [-0.2, -0.15) is 0 Å². The van der Waals surface area contributed by atoms with Crippen LogP contribution < -0.4 is 15.7 Å². The summed E-state index contributed by atoms with van der Waals surface area (Å²) in [7, 11) is 0. The number of para-hydroxylation sites is 2. The van der Waals surface area contributed by atoms with Crippen molar-refractivity contribution in [3.05, 3.63) is 94.7 Å². The van der Waals surface area contributed by atoms with E-state index in [0.717, 1.165) is 0 Å². The summed E-state index contributed by atoms with van der Waals surface area (Å²) >= 11 is 0. The van der Waals surface area contributed by atoms with Crippen molar-refractivity contribution in [3.63, 3.8) is 0 Å². The van der Waals surface area contributed by atoms with Gasteiger partial charge in [0.15, 0.2) is 6.10 Å². The molecule has 3 heterocycles. The molecule has 0 bridgehead atoms. The molecule has 0 saturated heterocycles. The average Bonchev–Trinajstić information content (AvgIpc) is 3.37. The zero-order chi connectivity index (χ0) is 19.1. The average molecular weight is 373 g/mol. The largest absolute Gasteiger partial charge is 0.478 e. The molecule has 0 unspecified atom stereocenters. The molecule has 2 aromatic heterocycles. The topological polar surface area (TPSA) is 81.7 Å². The van der Waals surface area contributed by atoms with Crippen LogP contribution in [0.3, 0.4) is 0 Å². The molecule has 6 nitrogen and oxygen atoms in total. The third-order valence-electron chi connectivity index (χ3n) is 4.81. The summed E-state index contributed by atoms with van der Waals surface area (Å²) in [6.45, 7) is 0. The van der Waals surface area contributed by atoms with Gasteiger partial charge < -0.3 is 18.9 Å². The predicted octanol–water partition coefficient (Wildman–Crippen LogP) is 3.92. The number of fused-ring (bicyclic) bond motifs is 3. The molecule has 1 aliphatic heterocycles. The zero-order valence-electron chi connectivity index (χ0n) is 14.6. The van der Waals surface area contributed by atoms with Crippen LogP contribution in [0.1, 0.15) is 17.2 Å². The molecule has 0 spiro atoms. The van der Waals surface area contributed by atoms with Gasteiger partial charge in [0.05, 0.1) is 23.1 Å². The normalized spacial score (nSPS) is 17.9. The van der Waals surface area contributed by atoms with E-state index < -0.39 is 17.6 Å². The van der Waals surface area contributed by atoms with Crippen LogP contribution in [-0.2, 0) is 4.79 Å². The van der Waals surface area contributed by atoms with E-state index in [2.05, 4.69) is 5.32 Å². The first-order valence-electron chi connectivity index (χ1n) is 8.84. The molecular formula is C22H15NO5. The van der Waals surface area contributed by atoms with Gasteiger partial charge in [-0.15, -0.1) is 0 Å². The summed E-state index contributed by atoms with van der Waals surface area (Å²) in [5.41, 5.74) is 0.808. The van der Waals surface area contributed by atoms with Crippen molar-refractivity contribution in [2.24, 2.45) is 0 Å². The number of nitrogens with one attached hydrogen (secondary N) is 1. The van der Waals surface area contributed by atoms with Gasteiger partial charge in [-0.1, -0.05) is 30.3 Å². The molecule has 0 fully saturated rings. The number of benzene rings is 2. The second-order valence-electron chi connectivity index (χ2n) is 6.52. The molecule has 6 heteroatoms. The quantitative estimate of drug-likeness (QED) is 0.551. The van der Waals surface area contributed by atoms with Crippen molar-refractivity contribution < 1.29 is 18.4 Å². The molecule has 0 radical (unpaired) electrons. The second-order valence-corrected chi connectivity index (χ2v) is 6.52. The maximum Gasteiger partial charge on any atom is 0.344 e. The summed E-state index contributed by atoms with van der Waals surface area (Å²) in [6, 6.07) is 19.6. The van der Waals surface area contributed by atoms with Gasteiger partial charge in [0.25, 0.3) is 5.91 Å². The number of ether oxygens (including phenoxy) is 1. The van der Waals surface area contributed by atoms with Crippen LogP contribution in [0.4, 0.5) is 5.69 Å². The summed E-state index contributed by atoms with van der Waals surface area (Å²) < 4.78 is 17.0. The standard InChI is InChI=1S/C22H15NO5/c24-21(23-13-7-2-1-3-8-13)20-17(16-11-6-12-26-16)18-19(28-20)14-9-4-5-10-15(14)27-22(18)25/h1-12,17,20H,(H,23,24)/t17-,20-/m0/s1. The monoisotopic (exact) mass is 373 g/mol. The van der Waals surface area contributed by atoms with E-state index in [-0.39, 0.29) is 5.91 Å². The van der Waals surface area contributed by atoms with E-state index in [1.165, 1.54) is 6.26 Å². The maximum absolute atomic E-state index is 13.0. The van der Waals surface area contributed by atoms with Gasteiger partial charge in [-0.25, -0.2) is 4.79 Å². The lowest BCUT2D eigenvalue weighted by molar-refractivity contribution is -0.122. The lowest BCUT2D eigenvalue weighted by Gasteiger charge is -2.16. The Morgan fingerprint density at radius 1 is 0.929 bits per heavy atom. The highest BCUT2D eigenvalue weighted by Gasteiger charge is 2.45. The van der Waals surface area contributed by atoms with Crippen molar-refractivity contribution in [2.45, 2.75) is 12.0 Å². The van der Waals surface area contributed by atoms with Crippen LogP contribution in [0.5, 0.6) is 5.75 Å². The minimum atomic E-state index is -0.963. The molecule has 138 valence electrons. The van der Waals surface area contributed by atoms with Crippen molar-refractivity contribution in [3.8, 4) is 5.75 Å². The molecule has 1 N–H and O–H groups in total. The number of anilines is 1. The minimum absolute atomic E-state index is 0.293. The predicted molar refractivity (Wildman–Crippen MR) is 103 cm³/mol. The first-order chi connectivity index (χ1) is 13.7. The molecular weight excluding hydrogens is 358 g/mol. The SMILES string of the molecule is O=C(Nc1ccccc1)[C@H]1Oc2c(c(=O)oc3ccccc23)[C@@H]1c1ccco1. The molecule has 1 aliphatic rings. The van der Waals surface area contributed by atoms with Gasteiger partial charge in [0.2, 0.25) is 0 Å². The number of amides is 1. The third kappa shape index (κ3) is 2.58. The molecule has 28 heavy (non-hydrogen) atoms. The van der Waals surface area contributed by atoms with E-state index in [4.69, 9.17) is 13.6 Å². The van der Waals surface area contributed by atoms with Crippen molar-refractivity contribution >= 4 is 22.6 Å². The summed E-state index contributed by atoms with van der Waals surface area (Å²) in [6.07, 6.45) is 0.539. The van der Waals surface area contributed by atoms with Crippen molar-refractivity contribution in [2.75, 3.05) is 5.32 Å². The molecule has 0 aliphatic carbocycles. The Labute approximate surface area is 159 Å². The first kappa shape index (κ1) is 16.4. The van der Waals surface area contributed by atoms with Crippen LogP contribution in [-0.4, -0.2) is 12.0 Å². The van der Waals surface area contributed by atoms with Crippen LogP contribution in [0, 0.1) is 0 Å². The smallest absolute Gasteiger partial charge is 0.344 e. The number of carbonyl (C=O) groups is 1. The number of hydrogen-bond acceptors (Lipinski definition) is 5. The van der Waals surface area contributed by atoms with Gasteiger partial charge in [-0.3, -0.25) is 4.79 Å². The summed E-state index contributed by atoms with van der Waals surface area (Å²) in [5, 5.41) is 3.48. The number of rotatable bonds is 3. The van der Waals surface area contributed by atoms with Gasteiger partial charge in [0, 0.05) is 5.69 Å². The Balaban J connectivity index is 1.63. The van der Waals surface area contributed by atoms with Crippen molar-refractivity contribution in [1.82, 2.24) is 0 Å². The fourth-order valence-corrected chi connectivity index (χ4v) is 3.58. The Bertz CT molecular complexity index is 1210. The van der Waals surface area contributed by atoms with E-state index in [1.54, 1.807) is 42.5 Å². The second kappa shape index (κ2) is 6.42. The van der Waals surface area contributed by atoms with Gasteiger partial charge in [0.1, 0.15) is 17.1 Å². The zero-order valence-corrected chi connectivity index (χ0v) is 14.6. The van der Waals surface area contributed by atoms with E-state index in [0.29, 0.717) is 33.7 Å². The van der Waals surface area contributed by atoms with Crippen LogP contribution in [0.15, 0.2) is 86.6 Å². The maximum atomic E-state index is 13.0. The molecule has 1 amide bonds. The van der Waals surface area contributed by atoms with E-state index in [1.807, 2.05) is 24.3 Å². The lowest BCUT2D eigenvalue weighted by Crippen LogP contribution is -2.35. The highest BCUT2D eigenvalue weighted by Crippen LogP contribution is 2.44. The summed E-state index contributed by atoms with van der Waals surface area (Å²) in [5.74, 6) is -0.238. The fourth-order valence-electron chi connectivity index (χ4n) is 3.58. The molecule has 2 aromatic carbocycles. The van der Waals surface area contributed by atoms with Crippen LogP contribution >= 0.6 is 0 Å². The van der Waals surface area contributed by atoms with Gasteiger partial charge in [-0.05, 0) is 36.4 Å². The summed E-state index contributed by atoms with van der Waals surface area (Å²) in [4.78, 5) is 25.8. The third-order valence-corrected chi connectivity index (χ3v) is 4.81. The lowest BCUT2D eigenvalue weighted by atomic mass is 9.93. The molecule has 2 atom stereocenters. The Kier molecular flexibility index (Phi) is 3.76. The Morgan fingerprint density at radius 2 is 1.71 bits per heavy atom.